The fourth-order valence-electron chi connectivity index (χ4n) is 4.79. The predicted octanol–water partition coefficient (Wildman–Crippen LogP) is 4.73. The largest absolute Gasteiger partial charge is 0.348 e. The van der Waals surface area contributed by atoms with Gasteiger partial charge in [-0.05, 0) is 96.5 Å². The molecule has 31 heavy (non-hydrogen) atoms. The molecule has 0 aliphatic heterocycles. The van der Waals surface area contributed by atoms with Gasteiger partial charge in [-0.2, -0.15) is 0 Å². The minimum atomic E-state index is -0.125. The first kappa shape index (κ1) is 23.7. The molecule has 3 rings (SSSR count). The number of H-pyrrole nitrogens is 1. The van der Waals surface area contributed by atoms with Gasteiger partial charge in [-0.1, -0.05) is 6.42 Å². The van der Waals surface area contributed by atoms with Gasteiger partial charge < -0.3 is 15.2 Å². The molecular weight excluding hydrogens is 406 g/mol. The van der Waals surface area contributed by atoms with Crippen molar-refractivity contribution >= 4 is 17.2 Å². The Labute approximate surface area is 190 Å². The van der Waals surface area contributed by atoms with Crippen molar-refractivity contribution in [3.63, 3.8) is 0 Å². The zero-order valence-corrected chi connectivity index (χ0v) is 20.5. The minimum absolute atomic E-state index is 0.0959. The van der Waals surface area contributed by atoms with Gasteiger partial charge >= 0.3 is 0 Å². The SMILES string of the molecule is Cc1cc(C)c(CNC(=O)c2csc(CCC[C@H]3CC[C@@H](N(C)C)CC3)c2C)c(=O)[nH]1. The number of hydrogen-bond acceptors (Lipinski definition) is 4. The number of carbonyl (C=O) groups excluding carboxylic acids is 1. The fourth-order valence-corrected chi connectivity index (χ4v) is 5.89. The van der Waals surface area contributed by atoms with Crippen LogP contribution in [0.25, 0.3) is 0 Å². The van der Waals surface area contributed by atoms with Gasteiger partial charge in [0.2, 0.25) is 0 Å². The van der Waals surface area contributed by atoms with Crippen LogP contribution in [0, 0.1) is 26.7 Å². The summed E-state index contributed by atoms with van der Waals surface area (Å²) in [5, 5.41) is 4.90. The van der Waals surface area contributed by atoms with Crippen LogP contribution in [0.4, 0.5) is 0 Å². The van der Waals surface area contributed by atoms with Crippen LogP contribution in [-0.2, 0) is 13.0 Å². The highest BCUT2D eigenvalue weighted by Gasteiger charge is 2.22. The number of pyridine rings is 1. The summed E-state index contributed by atoms with van der Waals surface area (Å²) in [6, 6.07) is 2.69. The maximum Gasteiger partial charge on any atom is 0.253 e. The van der Waals surface area contributed by atoms with Gasteiger partial charge in [0.05, 0.1) is 5.56 Å². The molecule has 1 aliphatic rings. The van der Waals surface area contributed by atoms with Gasteiger partial charge in [0, 0.05) is 34.1 Å². The number of hydrogen-bond donors (Lipinski definition) is 2. The number of carbonyl (C=O) groups is 1. The van der Waals surface area contributed by atoms with E-state index >= 15 is 0 Å². The summed E-state index contributed by atoms with van der Waals surface area (Å²) in [5.41, 5.74) is 4.07. The Balaban J connectivity index is 1.49. The molecule has 2 heterocycles. The Morgan fingerprint density at radius 2 is 1.90 bits per heavy atom. The molecule has 1 fully saturated rings. The average Bonchev–Trinajstić information content (AvgIpc) is 3.08. The standard InChI is InChI=1S/C25H37N3O2S/c1-16-13-17(2)27-25(30)21(16)14-26-24(29)22-15-31-23(18(22)3)8-6-7-19-9-11-20(12-10-19)28(4)5/h13,15,19-20H,6-12,14H2,1-5H3,(H,26,29)(H,27,30)/t19-,20+. The summed E-state index contributed by atoms with van der Waals surface area (Å²) in [6.45, 7) is 6.07. The lowest BCUT2D eigenvalue weighted by atomic mass is 9.82. The lowest BCUT2D eigenvalue weighted by molar-refractivity contribution is 0.0950. The van der Waals surface area contributed by atoms with Crippen LogP contribution in [-0.4, -0.2) is 35.9 Å². The van der Waals surface area contributed by atoms with Gasteiger partial charge in [0.1, 0.15) is 0 Å². The van der Waals surface area contributed by atoms with Crippen molar-refractivity contribution in [3.8, 4) is 0 Å². The highest BCUT2D eigenvalue weighted by Crippen LogP contribution is 2.31. The molecule has 2 N–H and O–H groups in total. The van der Waals surface area contributed by atoms with E-state index in [1.165, 1.54) is 43.4 Å². The molecule has 5 nitrogen and oxygen atoms in total. The zero-order valence-electron chi connectivity index (χ0n) is 19.6. The molecule has 0 bridgehead atoms. The second kappa shape index (κ2) is 10.6. The first-order chi connectivity index (χ1) is 14.8. The van der Waals surface area contributed by atoms with Crippen LogP contribution in [0.5, 0.6) is 0 Å². The first-order valence-electron chi connectivity index (χ1n) is 11.5. The molecule has 2 aromatic rings. The Hall–Kier alpha value is -1.92. The molecule has 6 heteroatoms. The van der Waals surface area contributed by atoms with Crippen LogP contribution >= 0.6 is 11.3 Å². The van der Waals surface area contributed by atoms with Crippen molar-refractivity contribution in [2.24, 2.45) is 5.92 Å². The molecule has 1 saturated carbocycles. The van der Waals surface area contributed by atoms with Gasteiger partial charge in [0.25, 0.3) is 11.5 Å². The maximum atomic E-state index is 12.7. The van der Waals surface area contributed by atoms with Crippen LogP contribution < -0.4 is 10.9 Å². The summed E-state index contributed by atoms with van der Waals surface area (Å²) in [7, 11) is 4.39. The predicted molar refractivity (Wildman–Crippen MR) is 129 cm³/mol. The first-order valence-corrected chi connectivity index (χ1v) is 12.3. The van der Waals surface area contributed by atoms with E-state index in [4.69, 9.17) is 0 Å². The number of thiophene rings is 1. The Bertz CT molecular complexity index is 952. The lowest BCUT2D eigenvalue weighted by Gasteiger charge is -2.32. The summed E-state index contributed by atoms with van der Waals surface area (Å²) in [6.07, 6.45) is 8.86. The number of aryl methyl sites for hydroxylation is 3. The number of aromatic amines is 1. The molecule has 0 saturated heterocycles. The van der Waals surface area contributed by atoms with Crippen LogP contribution in [0.2, 0.25) is 0 Å². The average molecular weight is 444 g/mol. The van der Waals surface area contributed by atoms with E-state index < -0.39 is 0 Å². The van der Waals surface area contributed by atoms with Crippen LogP contribution in [0.1, 0.15) is 76.1 Å². The molecule has 1 amide bonds. The molecule has 0 aromatic carbocycles. The molecular formula is C25H37N3O2S. The number of nitrogens with zero attached hydrogens (tertiary/aromatic N) is 1. The van der Waals surface area contributed by atoms with E-state index in [1.54, 1.807) is 11.3 Å². The Morgan fingerprint density at radius 1 is 1.19 bits per heavy atom. The smallest absolute Gasteiger partial charge is 0.253 e. The molecule has 2 aromatic heterocycles. The van der Waals surface area contributed by atoms with Crippen LogP contribution in [0.15, 0.2) is 16.2 Å². The number of rotatable bonds is 8. The summed E-state index contributed by atoms with van der Waals surface area (Å²) in [4.78, 5) is 31.4. The van der Waals surface area contributed by atoms with Crippen molar-refractivity contribution in [2.75, 3.05) is 14.1 Å². The molecule has 0 radical (unpaired) electrons. The lowest BCUT2D eigenvalue weighted by Crippen LogP contribution is -2.32. The third-order valence-electron chi connectivity index (χ3n) is 6.87. The molecule has 0 atom stereocenters. The topological polar surface area (TPSA) is 65.2 Å². The summed E-state index contributed by atoms with van der Waals surface area (Å²) in [5.74, 6) is 0.761. The number of aromatic nitrogens is 1. The van der Waals surface area contributed by atoms with Crippen LogP contribution in [0.3, 0.4) is 0 Å². The maximum absolute atomic E-state index is 12.7. The van der Waals surface area contributed by atoms with Crippen molar-refractivity contribution < 1.29 is 4.79 Å². The van der Waals surface area contributed by atoms with E-state index in [0.29, 0.717) is 5.56 Å². The molecule has 0 spiro atoms. The van der Waals surface area contributed by atoms with E-state index in [0.717, 1.165) is 40.8 Å². The number of amides is 1. The van der Waals surface area contributed by atoms with Gasteiger partial charge in [-0.25, -0.2) is 0 Å². The molecule has 170 valence electrons. The van der Waals surface area contributed by atoms with E-state index in [1.807, 2.05) is 32.2 Å². The van der Waals surface area contributed by atoms with E-state index in [-0.39, 0.29) is 18.0 Å². The number of nitrogens with one attached hydrogen (secondary N) is 2. The quantitative estimate of drug-likeness (QED) is 0.620. The third kappa shape index (κ3) is 6.07. The second-order valence-corrected chi connectivity index (χ2v) is 10.3. The van der Waals surface area contributed by atoms with Gasteiger partial charge in [0.15, 0.2) is 0 Å². The van der Waals surface area contributed by atoms with Crippen molar-refractivity contribution in [1.82, 2.24) is 15.2 Å². The van der Waals surface area contributed by atoms with E-state index in [2.05, 4.69) is 29.3 Å². The summed E-state index contributed by atoms with van der Waals surface area (Å²) >= 11 is 1.69. The summed E-state index contributed by atoms with van der Waals surface area (Å²) < 4.78 is 0. The molecule has 0 unspecified atom stereocenters. The Kier molecular flexibility index (Phi) is 8.11. The molecule has 1 aliphatic carbocycles. The van der Waals surface area contributed by atoms with Gasteiger partial charge in [-0.3, -0.25) is 9.59 Å². The third-order valence-corrected chi connectivity index (χ3v) is 8.02. The highest BCUT2D eigenvalue weighted by molar-refractivity contribution is 7.10. The minimum Gasteiger partial charge on any atom is -0.348 e. The Morgan fingerprint density at radius 3 is 2.55 bits per heavy atom. The van der Waals surface area contributed by atoms with Gasteiger partial charge in [-0.15, -0.1) is 11.3 Å². The van der Waals surface area contributed by atoms with E-state index in [9.17, 15) is 9.59 Å². The monoisotopic (exact) mass is 443 g/mol. The zero-order chi connectivity index (χ0) is 22.5. The fraction of sp³-hybridized carbons (Fsp3) is 0.600. The second-order valence-electron chi connectivity index (χ2n) is 9.35. The highest BCUT2D eigenvalue weighted by atomic mass is 32.1. The van der Waals surface area contributed by atoms with Crippen molar-refractivity contribution in [3.05, 3.63) is 54.6 Å². The normalized spacial score (nSPS) is 19.0. The van der Waals surface area contributed by atoms with Crippen molar-refractivity contribution in [2.45, 2.75) is 78.3 Å². The van der Waals surface area contributed by atoms with Crippen molar-refractivity contribution in [1.29, 1.82) is 0 Å².